The van der Waals surface area contributed by atoms with Gasteiger partial charge in [-0.05, 0) is 49.7 Å². The lowest BCUT2D eigenvalue weighted by Crippen LogP contribution is -2.24. The summed E-state index contributed by atoms with van der Waals surface area (Å²) >= 11 is 0. The van der Waals surface area contributed by atoms with Crippen molar-refractivity contribution in [2.45, 2.75) is 20.4 Å². The highest BCUT2D eigenvalue weighted by Gasteiger charge is 2.16. The van der Waals surface area contributed by atoms with Gasteiger partial charge in [0.2, 0.25) is 0 Å². The summed E-state index contributed by atoms with van der Waals surface area (Å²) in [4.78, 5) is 38.7. The molecule has 0 saturated carbocycles. The van der Waals surface area contributed by atoms with Crippen LogP contribution < -0.4 is 5.32 Å². The number of carboxylic acids is 1. The number of nitrogens with zero attached hydrogens (tertiary/aromatic N) is 3. The SMILES string of the molecule is Cc1noc(-c2cc3cc(-c4nc(C(=O)NCc5ccc(C(=O)O)cc5)[nH]c4C)ccc3[nH]2)n1. The number of nitrogens with one attached hydrogen (secondary N) is 3. The number of aromatic nitrogens is 5. The van der Waals surface area contributed by atoms with E-state index in [0.29, 0.717) is 17.4 Å². The Balaban J connectivity index is 1.34. The van der Waals surface area contributed by atoms with Crippen LogP contribution in [0.5, 0.6) is 0 Å². The zero-order valence-corrected chi connectivity index (χ0v) is 18.3. The Kier molecular flexibility index (Phi) is 5.17. The van der Waals surface area contributed by atoms with Crippen molar-refractivity contribution < 1.29 is 19.2 Å². The maximum absolute atomic E-state index is 12.6. The molecule has 0 unspecified atom stereocenters. The van der Waals surface area contributed by atoms with Gasteiger partial charge in [-0.25, -0.2) is 9.78 Å². The summed E-state index contributed by atoms with van der Waals surface area (Å²) in [5, 5.41) is 16.6. The van der Waals surface area contributed by atoms with Crippen molar-refractivity contribution in [3.63, 3.8) is 0 Å². The van der Waals surface area contributed by atoms with E-state index in [1.807, 2.05) is 31.2 Å². The van der Waals surface area contributed by atoms with E-state index in [2.05, 4.69) is 30.4 Å². The van der Waals surface area contributed by atoms with Gasteiger partial charge in [0.25, 0.3) is 11.8 Å². The molecule has 0 aliphatic rings. The Morgan fingerprint density at radius 1 is 1.03 bits per heavy atom. The molecule has 0 saturated heterocycles. The van der Waals surface area contributed by atoms with Crippen molar-refractivity contribution in [1.82, 2.24) is 30.4 Å². The van der Waals surface area contributed by atoms with Crippen LogP contribution in [0.2, 0.25) is 0 Å². The van der Waals surface area contributed by atoms with Crippen LogP contribution in [0.25, 0.3) is 33.7 Å². The van der Waals surface area contributed by atoms with Gasteiger partial charge in [-0.15, -0.1) is 0 Å². The first-order chi connectivity index (χ1) is 16.4. The second kappa shape index (κ2) is 8.32. The number of carbonyl (C=O) groups excluding carboxylic acids is 1. The highest BCUT2D eigenvalue weighted by atomic mass is 16.5. The standard InChI is InChI=1S/C24H20N6O4/c1-12-20(16-7-8-18-17(9-16)10-19(28-18)23-27-13(2)30-34-23)29-21(26-12)22(31)25-11-14-3-5-15(6-4-14)24(32)33/h3-10,28H,11H2,1-2H3,(H,25,31)(H,26,29)(H,32,33). The number of imidazole rings is 1. The number of hydrogen-bond donors (Lipinski definition) is 4. The van der Waals surface area contributed by atoms with Gasteiger partial charge in [0.1, 0.15) is 5.69 Å². The minimum atomic E-state index is -0.993. The van der Waals surface area contributed by atoms with Gasteiger partial charge < -0.3 is 24.9 Å². The second-order valence-corrected chi connectivity index (χ2v) is 7.88. The van der Waals surface area contributed by atoms with Crippen LogP contribution in [0, 0.1) is 13.8 Å². The molecule has 34 heavy (non-hydrogen) atoms. The molecule has 0 atom stereocenters. The second-order valence-electron chi connectivity index (χ2n) is 7.88. The summed E-state index contributed by atoms with van der Waals surface area (Å²) in [6.45, 7) is 3.87. The quantitative estimate of drug-likeness (QED) is 0.303. The maximum Gasteiger partial charge on any atom is 0.335 e. The number of carbonyl (C=O) groups is 2. The zero-order chi connectivity index (χ0) is 23.8. The first kappa shape index (κ1) is 21.1. The van der Waals surface area contributed by atoms with Crippen molar-refractivity contribution in [3.8, 4) is 22.8 Å². The van der Waals surface area contributed by atoms with Crippen LogP contribution in [-0.4, -0.2) is 42.1 Å². The molecule has 5 aromatic rings. The fourth-order valence-electron chi connectivity index (χ4n) is 3.68. The van der Waals surface area contributed by atoms with Crippen molar-refractivity contribution in [2.24, 2.45) is 0 Å². The molecule has 4 N–H and O–H groups in total. The summed E-state index contributed by atoms with van der Waals surface area (Å²) in [5.74, 6) is -0.167. The van der Waals surface area contributed by atoms with Crippen LogP contribution in [0.1, 0.15) is 38.1 Å². The van der Waals surface area contributed by atoms with E-state index >= 15 is 0 Å². The summed E-state index contributed by atoms with van der Waals surface area (Å²) in [6, 6.07) is 14.1. The average molecular weight is 456 g/mol. The van der Waals surface area contributed by atoms with Crippen LogP contribution in [0.4, 0.5) is 0 Å². The van der Waals surface area contributed by atoms with E-state index in [-0.39, 0.29) is 23.8 Å². The smallest absolute Gasteiger partial charge is 0.335 e. The van der Waals surface area contributed by atoms with E-state index in [1.165, 1.54) is 12.1 Å². The molecule has 2 aromatic carbocycles. The Morgan fingerprint density at radius 2 is 1.82 bits per heavy atom. The van der Waals surface area contributed by atoms with Gasteiger partial charge in [0, 0.05) is 28.7 Å². The fraction of sp³-hybridized carbons (Fsp3) is 0.125. The molecule has 10 nitrogen and oxygen atoms in total. The van der Waals surface area contributed by atoms with Gasteiger partial charge >= 0.3 is 5.97 Å². The Bertz CT molecular complexity index is 1530. The third kappa shape index (κ3) is 4.04. The van der Waals surface area contributed by atoms with Crippen molar-refractivity contribution >= 4 is 22.8 Å². The molecule has 0 spiro atoms. The van der Waals surface area contributed by atoms with Gasteiger partial charge in [-0.1, -0.05) is 23.4 Å². The van der Waals surface area contributed by atoms with E-state index in [1.54, 1.807) is 19.1 Å². The van der Waals surface area contributed by atoms with Gasteiger partial charge in [-0.2, -0.15) is 4.98 Å². The van der Waals surface area contributed by atoms with Crippen LogP contribution in [-0.2, 0) is 6.54 Å². The predicted octanol–water partition coefficient (Wildman–Crippen LogP) is 3.85. The van der Waals surface area contributed by atoms with Gasteiger partial charge in [-0.3, -0.25) is 4.79 Å². The van der Waals surface area contributed by atoms with Crippen molar-refractivity contribution in [3.05, 3.63) is 77.0 Å². The molecular weight excluding hydrogens is 436 g/mol. The molecule has 0 aliphatic carbocycles. The molecule has 1 amide bonds. The number of benzene rings is 2. The molecule has 3 aromatic heterocycles. The molecule has 0 bridgehead atoms. The first-order valence-corrected chi connectivity index (χ1v) is 10.5. The Hall–Kier alpha value is -4.73. The summed E-state index contributed by atoms with van der Waals surface area (Å²) in [5.41, 5.74) is 4.91. The van der Waals surface area contributed by atoms with Crippen LogP contribution in [0.3, 0.4) is 0 Å². The Morgan fingerprint density at radius 3 is 2.53 bits per heavy atom. The molecule has 0 fully saturated rings. The topological polar surface area (TPSA) is 150 Å². The third-order valence-electron chi connectivity index (χ3n) is 5.41. The van der Waals surface area contributed by atoms with Gasteiger partial charge in [0.15, 0.2) is 11.6 Å². The number of amides is 1. The number of carboxylic acid groups (broad SMARTS) is 1. The largest absolute Gasteiger partial charge is 0.478 e. The number of aromatic carboxylic acids is 1. The lowest BCUT2D eigenvalue weighted by molar-refractivity contribution is 0.0696. The predicted molar refractivity (Wildman–Crippen MR) is 123 cm³/mol. The Labute approximate surface area is 193 Å². The van der Waals surface area contributed by atoms with Crippen LogP contribution in [0.15, 0.2) is 53.1 Å². The molecule has 5 rings (SSSR count). The molecule has 0 radical (unpaired) electrons. The van der Waals surface area contributed by atoms with E-state index in [4.69, 9.17) is 9.63 Å². The lowest BCUT2D eigenvalue weighted by Gasteiger charge is -2.04. The minimum Gasteiger partial charge on any atom is -0.478 e. The highest BCUT2D eigenvalue weighted by molar-refractivity contribution is 5.93. The zero-order valence-electron chi connectivity index (χ0n) is 18.3. The molecule has 170 valence electrons. The molecular formula is C24H20N6O4. The summed E-state index contributed by atoms with van der Waals surface area (Å²) < 4.78 is 5.23. The number of aromatic amines is 2. The van der Waals surface area contributed by atoms with Crippen molar-refractivity contribution in [2.75, 3.05) is 0 Å². The average Bonchev–Trinajstić information content (AvgIpc) is 3.55. The van der Waals surface area contributed by atoms with Crippen LogP contribution >= 0.6 is 0 Å². The number of rotatable bonds is 6. The van der Waals surface area contributed by atoms with Crippen molar-refractivity contribution in [1.29, 1.82) is 0 Å². The first-order valence-electron chi connectivity index (χ1n) is 10.5. The molecule has 0 aliphatic heterocycles. The number of aryl methyl sites for hydroxylation is 2. The fourth-order valence-corrected chi connectivity index (χ4v) is 3.68. The molecule has 3 heterocycles. The van der Waals surface area contributed by atoms with E-state index in [0.717, 1.165) is 33.4 Å². The normalized spacial score (nSPS) is 11.1. The van der Waals surface area contributed by atoms with E-state index < -0.39 is 5.97 Å². The summed E-state index contributed by atoms with van der Waals surface area (Å²) in [6.07, 6.45) is 0. The van der Waals surface area contributed by atoms with Gasteiger partial charge in [0.05, 0.1) is 11.3 Å². The molecule has 10 heteroatoms. The monoisotopic (exact) mass is 456 g/mol. The van der Waals surface area contributed by atoms with E-state index in [9.17, 15) is 9.59 Å². The highest BCUT2D eigenvalue weighted by Crippen LogP contribution is 2.28. The third-order valence-corrected chi connectivity index (χ3v) is 5.41. The number of hydrogen-bond acceptors (Lipinski definition) is 6. The number of H-pyrrole nitrogens is 2. The lowest BCUT2D eigenvalue weighted by atomic mass is 10.1. The maximum atomic E-state index is 12.6. The number of fused-ring (bicyclic) bond motifs is 1. The minimum absolute atomic E-state index is 0.195. The summed E-state index contributed by atoms with van der Waals surface area (Å²) in [7, 11) is 0.